The molecule has 2 aliphatic heterocycles. The highest BCUT2D eigenvalue weighted by atomic mass is 32.3. The third kappa shape index (κ3) is 3.24. The Bertz CT molecular complexity index is 927. The van der Waals surface area contributed by atoms with E-state index >= 15 is 0 Å². The van der Waals surface area contributed by atoms with Gasteiger partial charge < -0.3 is 9.88 Å². The number of benzene rings is 1. The molecule has 12 heteroatoms. The molecular weight excluding hydrogens is 397 g/mol. The largest absolute Gasteiger partial charge is 0.449 e. The molecule has 28 heavy (non-hydrogen) atoms. The Balaban J connectivity index is 1.63. The van der Waals surface area contributed by atoms with E-state index in [0.717, 1.165) is 0 Å². The average molecular weight is 416 g/mol. The fraction of sp³-hybridized carbons (Fsp3) is 0.500. The van der Waals surface area contributed by atoms with Crippen molar-refractivity contribution in [3.63, 3.8) is 0 Å². The topological polar surface area (TPSA) is 103 Å². The lowest BCUT2D eigenvalue weighted by Gasteiger charge is -2.55. The monoisotopic (exact) mass is 416 g/mol. The summed E-state index contributed by atoms with van der Waals surface area (Å²) in [5, 5.41) is 9.04. The van der Waals surface area contributed by atoms with Gasteiger partial charge in [-0.15, -0.1) is 0 Å². The van der Waals surface area contributed by atoms with Crippen LogP contribution in [0.4, 0.5) is 18.9 Å². The molecule has 2 aliphatic rings. The van der Waals surface area contributed by atoms with E-state index < -0.39 is 23.0 Å². The minimum atomic E-state index is -4.58. The van der Waals surface area contributed by atoms with Crippen LogP contribution in [0, 0.1) is 11.5 Å². The van der Waals surface area contributed by atoms with E-state index in [2.05, 4.69) is 16.2 Å². The van der Waals surface area contributed by atoms with Gasteiger partial charge in [-0.05, 0) is 31.0 Å². The number of fused-ring (bicyclic) bond motifs is 1. The molecule has 152 valence electrons. The molecule has 1 unspecified atom stereocenters. The van der Waals surface area contributed by atoms with Crippen molar-refractivity contribution in [1.29, 1.82) is 5.26 Å². The lowest BCUT2D eigenvalue weighted by molar-refractivity contribution is -0.144. The van der Waals surface area contributed by atoms with E-state index in [-0.39, 0.29) is 17.1 Å². The van der Waals surface area contributed by atoms with Gasteiger partial charge >= 0.3 is 6.18 Å². The first kappa shape index (κ1) is 19.1. The predicted octanol–water partition coefficient (Wildman–Crippen LogP) is 3.23. The highest BCUT2D eigenvalue weighted by Crippen LogP contribution is 2.54. The molecule has 2 saturated heterocycles. The molecule has 8 nitrogen and oxygen atoms in total. The van der Waals surface area contributed by atoms with Crippen molar-refractivity contribution in [1.82, 2.24) is 19.2 Å². The van der Waals surface area contributed by atoms with Gasteiger partial charge in [0.15, 0.2) is 6.19 Å². The smallest absolute Gasteiger partial charge is 0.334 e. The number of hydrogen-bond donors (Lipinski definition) is 3. The van der Waals surface area contributed by atoms with Crippen molar-refractivity contribution in [3.05, 3.63) is 24.0 Å². The van der Waals surface area contributed by atoms with Gasteiger partial charge in [0.05, 0.1) is 22.8 Å². The second-order valence-electron chi connectivity index (χ2n) is 6.86. The molecule has 3 N–H and O–H groups in total. The molecule has 2 aromatic rings. The van der Waals surface area contributed by atoms with E-state index in [1.807, 2.05) is 0 Å². The molecule has 0 saturated carbocycles. The second kappa shape index (κ2) is 6.70. The number of hydrogen-bond acceptors (Lipinski definition) is 7. The number of halogens is 3. The van der Waals surface area contributed by atoms with Crippen LogP contribution in [-0.2, 0) is 6.18 Å². The van der Waals surface area contributed by atoms with Crippen LogP contribution in [0.2, 0.25) is 0 Å². The van der Waals surface area contributed by atoms with Gasteiger partial charge in [-0.2, -0.15) is 22.7 Å². The highest BCUT2D eigenvalue weighted by molar-refractivity contribution is 8.23. The molecule has 2 fully saturated rings. The first-order valence-electron chi connectivity index (χ1n) is 8.74. The zero-order chi connectivity index (χ0) is 20.1. The Labute approximate surface area is 160 Å². The SMILES string of the molecule is N#CN1CCC(N2CCCN(c3ccc4nc(C(F)(F)F)[nH]c4c3)S2(O)O)C1. The number of anilines is 1. The number of alkyl halides is 3. The van der Waals surface area contributed by atoms with Gasteiger partial charge in [0, 0.05) is 26.2 Å². The lowest BCUT2D eigenvalue weighted by atomic mass is 10.2. The van der Waals surface area contributed by atoms with Crippen molar-refractivity contribution >= 4 is 27.7 Å². The normalized spacial score (nSPS) is 24.5. The molecule has 1 atom stereocenters. The van der Waals surface area contributed by atoms with Crippen LogP contribution in [0.25, 0.3) is 11.0 Å². The number of H-pyrrole nitrogens is 1. The Morgan fingerprint density at radius 1 is 1.25 bits per heavy atom. The van der Waals surface area contributed by atoms with Crippen molar-refractivity contribution in [2.75, 3.05) is 30.5 Å². The van der Waals surface area contributed by atoms with Crippen LogP contribution in [0.1, 0.15) is 18.7 Å². The summed E-state index contributed by atoms with van der Waals surface area (Å²) in [7, 11) is -3.35. The molecule has 3 heterocycles. The minimum absolute atomic E-state index is 0.155. The van der Waals surface area contributed by atoms with Crippen LogP contribution in [-0.4, -0.2) is 60.5 Å². The van der Waals surface area contributed by atoms with Crippen molar-refractivity contribution in [2.24, 2.45) is 0 Å². The predicted molar refractivity (Wildman–Crippen MR) is 98.2 cm³/mol. The van der Waals surface area contributed by atoms with E-state index in [4.69, 9.17) is 5.26 Å². The maximum absolute atomic E-state index is 12.9. The number of rotatable bonds is 2. The van der Waals surface area contributed by atoms with Crippen molar-refractivity contribution in [2.45, 2.75) is 25.1 Å². The third-order valence-electron chi connectivity index (χ3n) is 5.08. The number of nitrogens with one attached hydrogen (secondary N) is 1. The summed E-state index contributed by atoms with van der Waals surface area (Å²) < 4.78 is 63.6. The number of aromatic nitrogens is 2. The minimum Gasteiger partial charge on any atom is -0.334 e. The molecule has 4 rings (SSSR count). The molecule has 0 spiro atoms. The quantitative estimate of drug-likeness (QED) is 0.646. The first-order valence-corrected chi connectivity index (χ1v) is 10.2. The number of imidazole rings is 1. The van der Waals surface area contributed by atoms with Crippen molar-refractivity contribution < 1.29 is 22.3 Å². The highest BCUT2D eigenvalue weighted by Gasteiger charge is 2.41. The van der Waals surface area contributed by atoms with E-state index in [1.54, 1.807) is 9.21 Å². The number of likely N-dealkylation sites (tertiary alicyclic amines) is 1. The van der Waals surface area contributed by atoms with Crippen molar-refractivity contribution in [3.8, 4) is 6.19 Å². The zero-order valence-electron chi connectivity index (χ0n) is 14.7. The first-order chi connectivity index (χ1) is 13.2. The van der Waals surface area contributed by atoms with Gasteiger partial charge in [-0.1, -0.05) is 11.0 Å². The second-order valence-corrected chi connectivity index (χ2v) is 8.75. The molecular formula is C16H19F3N6O2S. The van der Waals surface area contributed by atoms with Gasteiger partial charge in [0.1, 0.15) is 0 Å². The Morgan fingerprint density at radius 2 is 2.04 bits per heavy atom. The molecule has 0 aliphatic carbocycles. The molecule has 1 aromatic carbocycles. The number of aromatic amines is 1. The van der Waals surface area contributed by atoms with Gasteiger partial charge in [-0.3, -0.25) is 13.4 Å². The molecule has 0 bridgehead atoms. The van der Waals surface area contributed by atoms with E-state index in [1.165, 1.54) is 22.5 Å². The molecule has 1 aromatic heterocycles. The van der Waals surface area contributed by atoms with Crippen LogP contribution >= 0.6 is 11.0 Å². The number of nitrogens with zero attached hydrogens (tertiary/aromatic N) is 5. The molecule has 0 radical (unpaired) electrons. The van der Waals surface area contributed by atoms with Gasteiger partial charge in [0.2, 0.25) is 5.82 Å². The zero-order valence-corrected chi connectivity index (χ0v) is 15.5. The maximum Gasteiger partial charge on any atom is 0.449 e. The Kier molecular flexibility index (Phi) is 4.58. The summed E-state index contributed by atoms with van der Waals surface area (Å²) in [4.78, 5) is 7.37. The van der Waals surface area contributed by atoms with Crippen LogP contribution in [0.5, 0.6) is 0 Å². The summed E-state index contributed by atoms with van der Waals surface area (Å²) in [5.41, 5.74) is 0.736. The standard InChI is InChI=1S/C16H19F3N6O2S/c17-16(18,19)15-21-13-3-2-11(8-14(13)22-15)24-5-1-6-25(28(24,26)27)12-4-7-23(9-12)10-20/h2-3,8,12,26-27H,1,4-7,9H2,(H,21,22). The Morgan fingerprint density at radius 3 is 2.71 bits per heavy atom. The van der Waals surface area contributed by atoms with Crippen LogP contribution in [0.3, 0.4) is 0 Å². The summed E-state index contributed by atoms with van der Waals surface area (Å²) in [5.74, 6) is -1.09. The van der Waals surface area contributed by atoms with E-state index in [9.17, 15) is 22.3 Å². The summed E-state index contributed by atoms with van der Waals surface area (Å²) in [6.45, 7) is 1.83. The van der Waals surface area contributed by atoms with Gasteiger partial charge in [-0.25, -0.2) is 4.98 Å². The summed E-state index contributed by atoms with van der Waals surface area (Å²) >= 11 is 0. The maximum atomic E-state index is 12.9. The van der Waals surface area contributed by atoms with Crippen LogP contribution < -0.4 is 4.31 Å². The van der Waals surface area contributed by atoms with Gasteiger partial charge in [0.25, 0.3) is 0 Å². The van der Waals surface area contributed by atoms with E-state index in [0.29, 0.717) is 44.7 Å². The fourth-order valence-electron chi connectivity index (χ4n) is 3.75. The lowest BCUT2D eigenvalue weighted by Crippen LogP contribution is -2.50. The summed E-state index contributed by atoms with van der Waals surface area (Å²) in [6.07, 6.45) is -1.21. The molecule has 0 amide bonds. The number of nitriles is 1. The van der Waals surface area contributed by atoms with Crippen LogP contribution in [0.15, 0.2) is 18.2 Å². The summed E-state index contributed by atoms with van der Waals surface area (Å²) in [6, 6.07) is 4.25. The Hall–Kier alpha value is -2.20. The fourth-order valence-corrected chi connectivity index (χ4v) is 5.72. The average Bonchev–Trinajstić information content (AvgIpc) is 3.27. The third-order valence-corrected chi connectivity index (χ3v) is 7.18.